The highest BCUT2D eigenvalue weighted by Gasteiger charge is 1.97. The lowest BCUT2D eigenvalue weighted by molar-refractivity contribution is -0.627. The van der Waals surface area contributed by atoms with Gasteiger partial charge in [0.1, 0.15) is 0 Å². The fourth-order valence-electron chi connectivity index (χ4n) is 6.43. The summed E-state index contributed by atoms with van der Waals surface area (Å²) in [6, 6.07) is 0. The highest BCUT2D eigenvalue weighted by molar-refractivity contribution is 4.53. The minimum absolute atomic E-state index is 0. The number of nitrogens with two attached hydrogens (primary N) is 1. The zero-order chi connectivity index (χ0) is 28.9. The second-order valence-corrected chi connectivity index (χ2v) is 13.6. The molecule has 0 spiro atoms. The van der Waals surface area contributed by atoms with Crippen molar-refractivity contribution in [2.24, 2.45) is 0 Å². The first-order valence-corrected chi connectivity index (χ1v) is 19.7. The van der Waals surface area contributed by atoms with Crippen LogP contribution in [0.15, 0.2) is 0 Å². The Hall–Kier alpha value is 0.250. The normalized spacial score (nSPS) is 11.3. The number of hydrogen-bond donors (Lipinski definition) is 1. The van der Waals surface area contributed by atoms with E-state index in [1.54, 1.807) is 0 Å². The summed E-state index contributed by atoms with van der Waals surface area (Å²) in [4.78, 5) is 0. The molecule has 0 amide bonds. The summed E-state index contributed by atoms with van der Waals surface area (Å²) < 4.78 is 0. The van der Waals surface area contributed by atoms with Crippen molar-refractivity contribution < 1.29 is 17.7 Å². The summed E-state index contributed by atoms with van der Waals surface area (Å²) in [6.45, 7) is 3.63. The summed E-state index contributed by atoms with van der Waals surface area (Å²) in [5.74, 6) is 0. The van der Waals surface area contributed by atoms with Gasteiger partial charge in [0.2, 0.25) is 0 Å². The first-order valence-electron chi connectivity index (χ1n) is 19.7. The van der Waals surface area contributed by atoms with E-state index in [0.717, 1.165) is 0 Å². The molecule has 2 N–H and O–H groups in total. The van der Waals surface area contributed by atoms with Crippen molar-refractivity contribution in [2.45, 2.75) is 238 Å². The number of rotatable bonds is 37. The van der Waals surface area contributed by atoms with E-state index in [4.69, 9.17) is 0 Å². The molecule has 0 aromatic carbocycles. The maximum Gasteiger partial charge on any atom is 0.0753 e. The fraction of sp³-hybridized carbons (Fsp3) is 1.00. The molecule has 0 fully saturated rings. The highest BCUT2D eigenvalue weighted by Crippen LogP contribution is 2.17. The minimum atomic E-state index is 0. The molecule has 0 atom stereocenters. The van der Waals surface area contributed by atoms with Crippen molar-refractivity contribution in [1.82, 2.24) is 0 Å². The molecule has 0 aliphatic rings. The van der Waals surface area contributed by atoms with Crippen LogP contribution < -0.4 is 17.7 Å². The molecule has 0 aromatic rings. The lowest BCUT2D eigenvalue weighted by atomic mass is 10.0. The molecule has 0 bridgehead atoms. The van der Waals surface area contributed by atoms with Crippen molar-refractivity contribution in [3.05, 3.63) is 0 Å². The smallest absolute Gasteiger partial charge is 0.0753 e. The zero-order valence-electron chi connectivity index (χ0n) is 29.1. The van der Waals surface area contributed by atoms with Crippen LogP contribution in [0.3, 0.4) is 0 Å². The summed E-state index contributed by atoms with van der Waals surface area (Å²) in [7, 11) is 2.18. The van der Waals surface area contributed by atoms with E-state index >= 15 is 0 Å². The SMILES string of the molecule is CCCCCCCCCCCCCCCCCCCCCCCCCCCCCCCCCCCCCC[NH2+]C.[Cl-]. The molecule has 41 heavy (non-hydrogen) atoms. The lowest BCUT2D eigenvalue weighted by Crippen LogP contribution is -3.00. The Balaban J connectivity index is 0. The Morgan fingerprint density at radius 1 is 0.244 bits per heavy atom. The molecule has 2 heteroatoms. The van der Waals surface area contributed by atoms with Gasteiger partial charge < -0.3 is 17.7 Å². The van der Waals surface area contributed by atoms with E-state index in [1.807, 2.05) is 0 Å². The van der Waals surface area contributed by atoms with Crippen LogP contribution in [0.2, 0.25) is 0 Å². The number of halogens is 1. The van der Waals surface area contributed by atoms with Gasteiger partial charge in [-0.1, -0.05) is 225 Å². The van der Waals surface area contributed by atoms with Crippen LogP contribution in [0.25, 0.3) is 0 Å². The van der Waals surface area contributed by atoms with Gasteiger partial charge in [-0.3, -0.25) is 0 Å². The predicted molar refractivity (Wildman–Crippen MR) is 185 cm³/mol. The molecule has 0 aliphatic carbocycles. The van der Waals surface area contributed by atoms with E-state index in [0.29, 0.717) is 0 Å². The topological polar surface area (TPSA) is 16.6 Å². The summed E-state index contributed by atoms with van der Waals surface area (Å²) in [6.07, 6.45) is 53.4. The minimum Gasteiger partial charge on any atom is -1.00 e. The molecule has 0 rings (SSSR count). The molecule has 0 radical (unpaired) electrons. The Morgan fingerprint density at radius 2 is 0.390 bits per heavy atom. The van der Waals surface area contributed by atoms with Gasteiger partial charge in [-0.05, 0) is 12.8 Å². The van der Waals surface area contributed by atoms with Gasteiger partial charge in [0.15, 0.2) is 0 Å². The largest absolute Gasteiger partial charge is 1.00 e. The van der Waals surface area contributed by atoms with Crippen molar-refractivity contribution in [1.29, 1.82) is 0 Å². The van der Waals surface area contributed by atoms with Gasteiger partial charge in [-0.15, -0.1) is 0 Å². The first-order chi connectivity index (χ1) is 19.9. The molecular weight excluding hydrogens is 518 g/mol. The van der Waals surface area contributed by atoms with Gasteiger partial charge in [-0.2, -0.15) is 0 Å². The fourth-order valence-corrected chi connectivity index (χ4v) is 6.43. The molecule has 0 saturated heterocycles. The average molecular weight is 601 g/mol. The standard InChI is InChI=1S/C39H81N.ClH/c1-3-4-5-6-7-8-9-10-11-12-13-14-15-16-17-18-19-20-21-22-23-24-25-26-27-28-29-30-31-32-33-34-35-36-37-38-39-40-2;/h40H,3-39H2,1-2H3;1H. The van der Waals surface area contributed by atoms with E-state index in [-0.39, 0.29) is 12.4 Å². The average Bonchev–Trinajstić information content (AvgIpc) is 2.97. The Bertz CT molecular complexity index is 374. The predicted octanol–water partition coefficient (Wildman–Crippen LogP) is 10.2. The molecule has 0 aromatic heterocycles. The summed E-state index contributed by atoms with van der Waals surface area (Å²) in [5.41, 5.74) is 0. The van der Waals surface area contributed by atoms with Gasteiger partial charge in [-0.25, -0.2) is 0 Å². The monoisotopic (exact) mass is 600 g/mol. The quantitative estimate of drug-likeness (QED) is 0.0684. The van der Waals surface area contributed by atoms with Crippen LogP contribution >= 0.6 is 0 Å². The van der Waals surface area contributed by atoms with Crippen LogP contribution in [-0.4, -0.2) is 13.6 Å². The molecule has 0 saturated carbocycles. The van der Waals surface area contributed by atoms with Crippen LogP contribution in [-0.2, 0) is 0 Å². The Kier molecular flexibility index (Phi) is 44.8. The van der Waals surface area contributed by atoms with Gasteiger partial charge in [0.25, 0.3) is 0 Å². The third-order valence-corrected chi connectivity index (χ3v) is 9.35. The zero-order valence-corrected chi connectivity index (χ0v) is 29.9. The first kappa shape index (κ1) is 43.4. The van der Waals surface area contributed by atoms with Crippen molar-refractivity contribution in [3.63, 3.8) is 0 Å². The van der Waals surface area contributed by atoms with Crippen LogP contribution in [0.1, 0.15) is 238 Å². The summed E-state index contributed by atoms with van der Waals surface area (Å²) >= 11 is 0. The van der Waals surface area contributed by atoms with E-state index < -0.39 is 0 Å². The van der Waals surface area contributed by atoms with Crippen molar-refractivity contribution in [3.8, 4) is 0 Å². The third kappa shape index (κ3) is 42.4. The van der Waals surface area contributed by atoms with Crippen molar-refractivity contribution >= 4 is 0 Å². The molecule has 0 aliphatic heterocycles. The number of quaternary nitrogens is 1. The highest BCUT2D eigenvalue weighted by atomic mass is 35.5. The van der Waals surface area contributed by atoms with E-state index in [9.17, 15) is 0 Å². The van der Waals surface area contributed by atoms with Crippen molar-refractivity contribution in [2.75, 3.05) is 13.6 Å². The molecular formula is C39H82ClN. The van der Waals surface area contributed by atoms with Gasteiger partial charge in [0.05, 0.1) is 13.6 Å². The second kappa shape index (κ2) is 42.4. The third-order valence-electron chi connectivity index (χ3n) is 9.35. The van der Waals surface area contributed by atoms with Crippen LogP contribution in [0.5, 0.6) is 0 Å². The maximum absolute atomic E-state index is 2.31. The van der Waals surface area contributed by atoms with Gasteiger partial charge in [0, 0.05) is 0 Å². The summed E-state index contributed by atoms with van der Waals surface area (Å²) in [5, 5.41) is 2.31. The van der Waals surface area contributed by atoms with E-state index in [2.05, 4.69) is 19.3 Å². The second-order valence-electron chi connectivity index (χ2n) is 13.6. The van der Waals surface area contributed by atoms with Gasteiger partial charge >= 0.3 is 0 Å². The van der Waals surface area contributed by atoms with E-state index in [1.165, 1.54) is 238 Å². The lowest BCUT2D eigenvalue weighted by Gasteiger charge is -2.05. The molecule has 0 unspecified atom stereocenters. The van der Waals surface area contributed by atoms with Crippen LogP contribution in [0.4, 0.5) is 0 Å². The Morgan fingerprint density at radius 3 is 0.537 bits per heavy atom. The number of hydrogen-bond acceptors (Lipinski definition) is 0. The molecule has 250 valence electrons. The molecule has 0 heterocycles. The number of unbranched alkanes of at least 4 members (excludes halogenated alkanes) is 35. The molecule has 1 nitrogen and oxygen atoms in total. The Labute approximate surface area is 268 Å². The van der Waals surface area contributed by atoms with Crippen LogP contribution in [0, 0.1) is 0 Å². The maximum atomic E-state index is 2.31.